The van der Waals surface area contributed by atoms with Gasteiger partial charge in [0.2, 0.25) is 5.89 Å². The topological polar surface area (TPSA) is 104 Å². The summed E-state index contributed by atoms with van der Waals surface area (Å²) < 4.78 is 5.78. The molecule has 0 bridgehead atoms. The van der Waals surface area contributed by atoms with Gasteiger partial charge in [-0.2, -0.15) is 10.2 Å². The number of nitrogens with zero attached hydrogens (tertiary/aromatic N) is 4. The molecule has 1 aromatic heterocycles. The van der Waals surface area contributed by atoms with Gasteiger partial charge in [-0.25, -0.2) is 4.98 Å². The molecule has 0 spiro atoms. The number of azo groups is 1. The molecule has 1 heterocycles. The highest BCUT2D eigenvalue weighted by Gasteiger charge is 2.13. The second kappa shape index (κ2) is 9.23. The molecule has 7 nitrogen and oxygen atoms in total. The fourth-order valence-electron chi connectivity index (χ4n) is 3.52. The van der Waals surface area contributed by atoms with Gasteiger partial charge in [-0.15, -0.1) is 0 Å². The third-order valence-electron chi connectivity index (χ3n) is 5.64. The van der Waals surface area contributed by atoms with Gasteiger partial charge >= 0.3 is 0 Å². The predicted octanol–water partition coefficient (Wildman–Crippen LogP) is 7.69. The number of para-hydroxylation sites is 2. The smallest absolute Gasteiger partial charge is 0.231 e. The highest BCUT2D eigenvalue weighted by Crippen LogP contribution is 2.34. The summed E-state index contributed by atoms with van der Waals surface area (Å²) in [5, 5.41) is 29.2. The molecule has 0 saturated heterocycles. The fourth-order valence-corrected chi connectivity index (χ4v) is 3.52. The van der Waals surface area contributed by atoms with Crippen LogP contribution in [0.5, 0.6) is 11.5 Å². The number of oxazole rings is 1. The number of rotatable bonds is 5. The van der Waals surface area contributed by atoms with Crippen LogP contribution in [0.4, 0.5) is 17.1 Å². The Morgan fingerprint density at radius 1 is 0.743 bits per heavy atom. The van der Waals surface area contributed by atoms with E-state index in [0.29, 0.717) is 39.5 Å². The van der Waals surface area contributed by atoms with Crippen molar-refractivity contribution in [3.05, 3.63) is 95.6 Å². The van der Waals surface area contributed by atoms with Crippen molar-refractivity contribution < 1.29 is 14.6 Å². The summed E-state index contributed by atoms with van der Waals surface area (Å²) in [7, 11) is 0. The SMILES string of the molecule is Cc1ccc(N=Nc2ccc(O)c(C=Nc3ccc(O)c(-c4nc5ccccc5o4)c3)c2)cc1C. The van der Waals surface area contributed by atoms with E-state index in [1.54, 1.807) is 30.3 Å². The molecule has 0 aliphatic heterocycles. The van der Waals surface area contributed by atoms with Crippen LogP contribution in [0, 0.1) is 13.8 Å². The van der Waals surface area contributed by atoms with Crippen LogP contribution in [0.3, 0.4) is 0 Å². The molecule has 172 valence electrons. The monoisotopic (exact) mass is 462 g/mol. The lowest BCUT2D eigenvalue weighted by molar-refractivity contribution is 0.473. The Morgan fingerprint density at radius 2 is 1.46 bits per heavy atom. The summed E-state index contributed by atoms with van der Waals surface area (Å²) in [5.74, 6) is 0.404. The Kier molecular flexibility index (Phi) is 5.81. The van der Waals surface area contributed by atoms with Crippen LogP contribution in [0.15, 0.2) is 98.5 Å². The lowest BCUT2D eigenvalue weighted by Crippen LogP contribution is -1.83. The molecule has 0 atom stereocenters. The van der Waals surface area contributed by atoms with E-state index < -0.39 is 0 Å². The number of aryl methyl sites for hydroxylation is 2. The van der Waals surface area contributed by atoms with Crippen LogP contribution in [-0.4, -0.2) is 21.4 Å². The third-order valence-corrected chi connectivity index (χ3v) is 5.64. The summed E-state index contributed by atoms with van der Waals surface area (Å²) in [4.78, 5) is 8.90. The number of aromatic nitrogens is 1. The number of hydrogen-bond donors (Lipinski definition) is 2. The van der Waals surface area contributed by atoms with Crippen molar-refractivity contribution in [1.29, 1.82) is 0 Å². The molecule has 5 aromatic rings. The highest BCUT2D eigenvalue weighted by atomic mass is 16.3. The van der Waals surface area contributed by atoms with Gasteiger partial charge in [0.15, 0.2) is 5.58 Å². The summed E-state index contributed by atoms with van der Waals surface area (Å²) >= 11 is 0. The zero-order valence-corrected chi connectivity index (χ0v) is 19.2. The van der Waals surface area contributed by atoms with Crippen molar-refractivity contribution in [2.45, 2.75) is 13.8 Å². The van der Waals surface area contributed by atoms with Crippen LogP contribution in [0.25, 0.3) is 22.6 Å². The zero-order valence-electron chi connectivity index (χ0n) is 19.2. The van der Waals surface area contributed by atoms with Gasteiger partial charge in [0, 0.05) is 11.8 Å². The molecule has 0 aliphatic rings. The number of fused-ring (bicyclic) bond motifs is 1. The van der Waals surface area contributed by atoms with E-state index in [0.717, 1.165) is 11.3 Å². The molecule has 7 heteroatoms. The van der Waals surface area contributed by atoms with Crippen LogP contribution >= 0.6 is 0 Å². The highest BCUT2D eigenvalue weighted by molar-refractivity contribution is 5.87. The molecule has 0 amide bonds. The summed E-state index contributed by atoms with van der Waals surface area (Å²) in [5.41, 5.74) is 6.48. The maximum atomic E-state index is 10.3. The van der Waals surface area contributed by atoms with Crippen LogP contribution < -0.4 is 0 Å². The number of benzene rings is 4. The van der Waals surface area contributed by atoms with Crippen molar-refractivity contribution >= 4 is 34.4 Å². The maximum absolute atomic E-state index is 10.3. The quantitative estimate of drug-likeness (QED) is 0.206. The van der Waals surface area contributed by atoms with Crippen molar-refractivity contribution in [3.8, 4) is 23.0 Å². The van der Waals surface area contributed by atoms with E-state index in [1.165, 1.54) is 17.8 Å². The van der Waals surface area contributed by atoms with Crippen molar-refractivity contribution in [1.82, 2.24) is 4.98 Å². The van der Waals surface area contributed by atoms with E-state index in [1.807, 2.05) is 56.3 Å². The van der Waals surface area contributed by atoms with Crippen molar-refractivity contribution in [2.24, 2.45) is 15.2 Å². The molecule has 0 saturated carbocycles. The average Bonchev–Trinajstić information content (AvgIpc) is 3.29. The lowest BCUT2D eigenvalue weighted by Gasteiger charge is -2.03. The number of aliphatic imine (C=N–C) groups is 1. The predicted molar refractivity (Wildman–Crippen MR) is 137 cm³/mol. The van der Waals surface area contributed by atoms with Gasteiger partial charge in [-0.1, -0.05) is 18.2 Å². The minimum absolute atomic E-state index is 0.0344. The molecule has 0 unspecified atom stereocenters. The van der Waals surface area contributed by atoms with Gasteiger partial charge in [0.05, 0.1) is 22.6 Å². The molecule has 0 aliphatic carbocycles. The molecular formula is C28H22N4O3. The Bertz CT molecular complexity index is 1570. The molecule has 35 heavy (non-hydrogen) atoms. The number of hydrogen-bond acceptors (Lipinski definition) is 7. The largest absolute Gasteiger partial charge is 0.507 e. The molecule has 2 N–H and O–H groups in total. The van der Waals surface area contributed by atoms with E-state index in [4.69, 9.17) is 4.42 Å². The Hall–Kier alpha value is -4.78. The minimum atomic E-state index is 0.0344. The minimum Gasteiger partial charge on any atom is -0.507 e. The summed E-state index contributed by atoms with van der Waals surface area (Å²) in [6.45, 7) is 4.08. The van der Waals surface area contributed by atoms with Gasteiger partial charge in [0.25, 0.3) is 0 Å². The first-order chi connectivity index (χ1) is 17.0. The first-order valence-corrected chi connectivity index (χ1v) is 11.0. The number of aromatic hydroxyl groups is 2. The van der Waals surface area contributed by atoms with Crippen LogP contribution in [0.1, 0.15) is 16.7 Å². The Morgan fingerprint density at radius 3 is 2.26 bits per heavy atom. The van der Waals surface area contributed by atoms with Crippen LogP contribution in [0.2, 0.25) is 0 Å². The standard InChI is InChI=1S/C28H22N4O3/c1-17-7-8-21(13-18(17)2)31-32-22-10-11-25(33)19(14-22)16-29-20-9-12-26(34)23(15-20)28-30-24-5-3-4-6-27(24)35-28/h3-16,33-34H,1-2H3. The summed E-state index contributed by atoms with van der Waals surface area (Å²) in [6.07, 6.45) is 1.53. The normalized spacial score (nSPS) is 11.7. The van der Waals surface area contributed by atoms with E-state index in [9.17, 15) is 10.2 Å². The molecule has 0 radical (unpaired) electrons. The van der Waals surface area contributed by atoms with E-state index in [2.05, 4.69) is 20.2 Å². The first-order valence-electron chi connectivity index (χ1n) is 11.0. The second-order valence-electron chi connectivity index (χ2n) is 8.16. The molecular weight excluding hydrogens is 440 g/mol. The zero-order chi connectivity index (χ0) is 24.4. The maximum Gasteiger partial charge on any atom is 0.231 e. The summed E-state index contributed by atoms with van der Waals surface area (Å²) in [6, 6.07) is 23.1. The Balaban J connectivity index is 1.41. The second-order valence-corrected chi connectivity index (χ2v) is 8.16. The third kappa shape index (κ3) is 4.79. The van der Waals surface area contributed by atoms with Crippen molar-refractivity contribution in [2.75, 3.05) is 0 Å². The van der Waals surface area contributed by atoms with Crippen LogP contribution in [-0.2, 0) is 0 Å². The van der Waals surface area contributed by atoms with Gasteiger partial charge in [-0.3, -0.25) is 4.99 Å². The average molecular weight is 463 g/mol. The Labute approximate surface area is 201 Å². The number of phenolic OH excluding ortho intramolecular Hbond substituents is 2. The van der Waals surface area contributed by atoms with Gasteiger partial charge in [-0.05, 0) is 85.6 Å². The molecule has 4 aromatic carbocycles. The first kappa shape index (κ1) is 22.0. The molecule has 0 fully saturated rings. The van der Waals surface area contributed by atoms with Crippen molar-refractivity contribution in [3.63, 3.8) is 0 Å². The van der Waals surface area contributed by atoms with Gasteiger partial charge < -0.3 is 14.6 Å². The number of phenols is 2. The van der Waals surface area contributed by atoms with E-state index in [-0.39, 0.29) is 11.5 Å². The van der Waals surface area contributed by atoms with Gasteiger partial charge in [0.1, 0.15) is 17.0 Å². The molecule has 5 rings (SSSR count). The fraction of sp³-hybridized carbons (Fsp3) is 0.0714. The lowest BCUT2D eigenvalue weighted by atomic mass is 10.1. The van der Waals surface area contributed by atoms with E-state index >= 15 is 0 Å².